The molecule has 0 atom stereocenters. The molecule has 0 radical (unpaired) electrons. The largest absolute Gasteiger partial charge is 0.0779 e. The van der Waals surface area contributed by atoms with Gasteiger partial charge in [-0.25, -0.2) is 0 Å². The van der Waals surface area contributed by atoms with E-state index in [1.54, 1.807) is 5.19 Å². The minimum Gasteiger partial charge on any atom is -0.0705 e. The Balaban J connectivity index is 3.19. The smallest absolute Gasteiger partial charge is 0.0705 e. The molecule has 0 N–H and O–H groups in total. The first-order chi connectivity index (χ1) is 5.41. The Morgan fingerprint density at radius 2 is 1.75 bits per heavy atom. The summed E-state index contributed by atoms with van der Waals surface area (Å²) in [6.07, 6.45) is 0. The van der Waals surface area contributed by atoms with Crippen LogP contribution >= 0.6 is 0 Å². The molecule has 0 fully saturated rings. The third-order valence-electron chi connectivity index (χ3n) is 2.19. The monoisotopic (exact) mass is 194 g/mol. The first-order valence-corrected chi connectivity index (χ1v) is 8.99. The van der Waals surface area contributed by atoms with Crippen LogP contribution in [0.5, 0.6) is 0 Å². The highest BCUT2D eigenvalue weighted by atomic mass is 28.3. The normalized spacial score (nSPS) is 12.0. The minimum absolute atomic E-state index is 1.09. The van der Waals surface area contributed by atoms with E-state index >= 15 is 0 Å². The highest BCUT2D eigenvalue weighted by Gasteiger charge is 2.17. The summed E-state index contributed by atoms with van der Waals surface area (Å²) in [6, 6.07) is 6.97. The Labute approximate surface area is 79.4 Å². The van der Waals surface area contributed by atoms with Crippen LogP contribution in [-0.4, -0.2) is 18.3 Å². The van der Waals surface area contributed by atoms with Crippen LogP contribution in [0.4, 0.5) is 0 Å². The fourth-order valence-corrected chi connectivity index (χ4v) is 4.09. The van der Waals surface area contributed by atoms with Crippen molar-refractivity contribution in [3.63, 3.8) is 0 Å². The lowest BCUT2D eigenvalue weighted by atomic mass is 10.2. The van der Waals surface area contributed by atoms with Crippen molar-refractivity contribution >= 4 is 28.7 Å². The van der Waals surface area contributed by atoms with Crippen molar-refractivity contribution in [2.45, 2.75) is 26.6 Å². The molecular formula is C10H18Si2. The van der Waals surface area contributed by atoms with Gasteiger partial charge in [-0.2, -0.15) is 0 Å². The molecule has 0 aliphatic heterocycles. The van der Waals surface area contributed by atoms with Crippen molar-refractivity contribution < 1.29 is 0 Å². The summed E-state index contributed by atoms with van der Waals surface area (Å²) in [5, 5.41) is 3.12. The number of benzene rings is 1. The molecule has 0 amide bonds. The predicted molar refractivity (Wildman–Crippen MR) is 63.7 cm³/mol. The first-order valence-electron chi connectivity index (χ1n) is 4.49. The predicted octanol–water partition coefficient (Wildman–Crippen LogP) is 0.531. The second kappa shape index (κ2) is 3.19. The highest BCUT2D eigenvalue weighted by Crippen LogP contribution is 2.04. The van der Waals surface area contributed by atoms with Gasteiger partial charge in [-0.15, -0.1) is 0 Å². The molecule has 66 valence electrons. The molecule has 0 saturated carbocycles. The van der Waals surface area contributed by atoms with Crippen molar-refractivity contribution in [3.05, 3.63) is 23.8 Å². The van der Waals surface area contributed by atoms with Crippen molar-refractivity contribution in [3.8, 4) is 0 Å². The average molecular weight is 194 g/mol. The first kappa shape index (κ1) is 9.74. The zero-order valence-corrected chi connectivity index (χ0v) is 11.7. The molecule has 0 bridgehead atoms. The van der Waals surface area contributed by atoms with E-state index in [2.05, 4.69) is 44.8 Å². The molecule has 0 heterocycles. The van der Waals surface area contributed by atoms with E-state index in [-0.39, 0.29) is 0 Å². The molecule has 0 unspecified atom stereocenters. The third kappa shape index (κ3) is 2.08. The number of hydrogen-bond donors (Lipinski definition) is 0. The minimum atomic E-state index is -1.09. The van der Waals surface area contributed by atoms with Crippen molar-refractivity contribution in [2.75, 3.05) is 0 Å². The van der Waals surface area contributed by atoms with Crippen LogP contribution in [0.1, 0.15) is 5.56 Å². The number of aryl methyl sites for hydroxylation is 1. The summed E-state index contributed by atoms with van der Waals surface area (Å²) >= 11 is 0. The molecule has 1 aromatic carbocycles. The molecule has 0 spiro atoms. The lowest BCUT2D eigenvalue weighted by molar-refractivity contribution is 1.51. The molecule has 12 heavy (non-hydrogen) atoms. The maximum atomic E-state index is 2.40. The van der Waals surface area contributed by atoms with Gasteiger partial charge in [0.15, 0.2) is 0 Å². The van der Waals surface area contributed by atoms with Crippen LogP contribution < -0.4 is 10.4 Å². The van der Waals surface area contributed by atoms with E-state index < -0.39 is 8.07 Å². The summed E-state index contributed by atoms with van der Waals surface area (Å²) in [6.45, 7) is 9.46. The molecular weight excluding hydrogens is 176 g/mol. The van der Waals surface area contributed by atoms with E-state index in [9.17, 15) is 0 Å². The van der Waals surface area contributed by atoms with Gasteiger partial charge in [-0.1, -0.05) is 53.8 Å². The van der Waals surface area contributed by atoms with Gasteiger partial charge in [0.1, 0.15) is 0 Å². The molecule has 0 aliphatic carbocycles. The van der Waals surface area contributed by atoms with Gasteiger partial charge >= 0.3 is 0 Å². The fraction of sp³-hybridized carbons (Fsp3) is 0.400. The van der Waals surface area contributed by atoms with Gasteiger partial charge in [0.2, 0.25) is 0 Å². The summed E-state index contributed by atoms with van der Waals surface area (Å²) in [4.78, 5) is 0. The lowest BCUT2D eigenvalue weighted by Crippen LogP contribution is -2.40. The molecule has 1 rings (SSSR count). The molecule has 0 nitrogen and oxygen atoms in total. The second-order valence-corrected chi connectivity index (χ2v) is 10.8. The standard InChI is InChI=1S/C10H18Si2/c1-8-7-9(11)5-6-10(8)12(2,3)4/h5-7H,1-4,11H3. The summed E-state index contributed by atoms with van der Waals surface area (Å²) in [5.41, 5.74) is 1.50. The molecule has 0 aliphatic rings. The van der Waals surface area contributed by atoms with Crippen LogP contribution in [0, 0.1) is 6.92 Å². The Bertz CT molecular complexity index is 284. The maximum Gasteiger partial charge on any atom is 0.0779 e. The van der Waals surface area contributed by atoms with Gasteiger partial charge in [-0.05, 0) is 6.92 Å². The number of hydrogen-bond acceptors (Lipinski definition) is 0. The van der Waals surface area contributed by atoms with E-state index in [4.69, 9.17) is 0 Å². The Morgan fingerprint density at radius 3 is 2.17 bits per heavy atom. The average Bonchev–Trinajstić information content (AvgIpc) is 1.83. The molecule has 1 aromatic rings. The maximum absolute atomic E-state index is 2.40. The van der Waals surface area contributed by atoms with Gasteiger partial charge in [-0.3, -0.25) is 0 Å². The Morgan fingerprint density at radius 1 is 1.17 bits per heavy atom. The third-order valence-corrected chi connectivity index (χ3v) is 4.99. The lowest BCUT2D eigenvalue weighted by Gasteiger charge is -2.19. The van der Waals surface area contributed by atoms with E-state index in [0.29, 0.717) is 0 Å². The SMILES string of the molecule is Cc1cc([SiH3])ccc1[Si](C)(C)C. The highest BCUT2D eigenvalue weighted by molar-refractivity contribution is 6.89. The van der Waals surface area contributed by atoms with Crippen molar-refractivity contribution in [1.29, 1.82) is 0 Å². The van der Waals surface area contributed by atoms with E-state index in [0.717, 1.165) is 0 Å². The van der Waals surface area contributed by atoms with E-state index in [1.165, 1.54) is 21.0 Å². The topological polar surface area (TPSA) is 0 Å². The Kier molecular flexibility index (Phi) is 2.59. The van der Waals surface area contributed by atoms with Crippen molar-refractivity contribution in [1.82, 2.24) is 0 Å². The van der Waals surface area contributed by atoms with Gasteiger partial charge in [0.05, 0.1) is 8.07 Å². The van der Waals surface area contributed by atoms with Gasteiger partial charge in [0, 0.05) is 10.2 Å². The van der Waals surface area contributed by atoms with Crippen LogP contribution in [0.2, 0.25) is 19.6 Å². The summed E-state index contributed by atoms with van der Waals surface area (Å²) in [5.74, 6) is 0. The zero-order valence-electron chi connectivity index (χ0n) is 8.73. The fourth-order valence-electron chi connectivity index (χ4n) is 1.66. The van der Waals surface area contributed by atoms with Crippen LogP contribution in [-0.2, 0) is 0 Å². The Hall–Kier alpha value is -0.346. The van der Waals surface area contributed by atoms with Crippen LogP contribution in [0.3, 0.4) is 0 Å². The van der Waals surface area contributed by atoms with Crippen LogP contribution in [0.25, 0.3) is 0 Å². The van der Waals surface area contributed by atoms with Gasteiger partial charge in [0.25, 0.3) is 0 Å². The quantitative estimate of drug-likeness (QED) is 0.572. The molecule has 0 aromatic heterocycles. The molecule has 0 saturated heterocycles. The molecule has 2 heteroatoms. The summed E-state index contributed by atoms with van der Waals surface area (Å²) < 4.78 is 0. The van der Waals surface area contributed by atoms with Crippen LogP contribution in [0.15, 0.2) is 18.2 Å². The zero-order chi connectivity index (χ0) is 9.35. The van der Waals surface area contributed by atoms with E-state index in [1.807, 2.05) is 0 Å². The second-order valence-electron chi connectivity index (χ2n) is 4.57. The van der Waals surface area contributed by atoms with Gasteiger partial charge < -0.3 is 0 Å². The number of rotatable bonds is 1. The summed E-state index contributed by atoms with van der Waals surface area (Å²) in [7, 11) is 0.0872. The van der Waals surface area contributed by atoms with Crippen molar-refractivity contribution in [2.24, 2.45) is 0 Å².